The highest BCUT2D eigenvalue weighted by Crippen LogP contribution is 2.28. The summed E-state index contributed by atoms with van der Waals surface area (Å²) in [5.41, 5.74) is 10.2. The third kappa shape index (κ3) is 4.82. The van der Waals surface area contributed by atoms with E-state index in [2.05, 4.69) is 27.4 Å². The van der Waals surface area contributed by atoms with Gasteiger partial charge in [-0.3, -0.25) is 14.4 Å². The van der Waals surface area contributed by atoms with Crippen molar-refractivity contribution in [3.8, 4) is 0 Å². The maximum absolute atomic E-state index is 12.7. The molecule has 0 spiro atoms. The molecular weight excluding hydrogens is 385 g/mol. The Morgan fingerprint density at radius 2 is 1.85 bits per heavy atom. The van der Waals surface area contributed by atoms with Crippen molar-refractivity contribution in [2.45, 2.75) is 38.8 Å². The molecule has 1 aliphatic rings. The Balaban J connectivity index is 0.00000182. The van der Waals surface area contributed by atoms with E-state index in [1.54, 1.807) is 4.68 Å². The average molecular weight is 414 g/mol. The SMILES string of the molecule is Cc1nn(C)c(C)c1NC(=O)C(C)N1C[C@@H](N)[C@H](c2ccccc2)C1.Cl.Cl. The van der Waals surface area contributed by atoms with Gasteiger partial charge in [0.15, 0.2) is 0 Å². The number of benzene rings is 1. The number of carbonyl (C=O) groups is 1. The van der Waals surface area contributed by atoms with Crippen LogP contribution in [0.5, 0.6) is 0 Å². The highest BCUT2D eigenvalue weighted by atomic mass is 35.5. The van der Waals surface area contributed by atoms with Crippen LogP contribution in [0.2, 0.25) is 0 Å². The second kappa shape index (κ2) is 9.55. The fraction of sp³-hybridized carbons (Fsp3) is 0.474. The largest absolute Gasteiger partial charge is 0.326 e. The molecule has 1 aromatic carbocycles. The first kappa shape index (κ1) is 23.4. The summed E-state index contributed by atoms with van der Waals surface area (Å²) in [4.78, 5) is 14.9. The minimum absolute atomic E-state index is 0. The number of carbonyl (C=O) groups excluding carboxylic acids is 1. The monoisotopic (exact) mass is 413 g/mol. The fourth-order valence-corrected chi connectivity index (χ4v) is 3.58. The lowest BCUT2D eigenvalue weighted by atomic mass is 9.95. The van der Waals surface area contributed by atoms with Gasteiger partial charge >= 0.3 is 0 Å². The van der Waals surface area contributed by atoms with Crippen molar-refractivity contribution >= 4 is 36.4 Å². The van der Waals surface area contributed by atoms with Gasteiger partial charge in [-0.1, -0.05) is 30.3 Å². The summed E-state index contributed by atoms with van der Waals surface area (Å²) < 4.78 is 1.78. The van der Waals surface area contributed by atoms with E-state index in [0.29, 0.717) is 0 Å². The van der Waals surface area contributed by atoms with Crippen molar-refractivity contribution in [2.75, 3.05) is 18.4 Å². The molecule has 0 aliphatic carbocycles. The van der Waals surface area contributed by atoms with Crippen molar-refractivity contribution in [3.63, 3.8) is 0 Å². The number of rotatable bonds is 4. The number of aryl methyl sites for hydroxylation is 2. The summed E-state index contributed by atoms with van der Waals surface area (Å²) in [5, 5.41) is 7.39. The van der Waals surface area contributed by atoms with Gasteiger partial charge in [0.05, 0.1) is 23.1 Å². The predicted molar refractivity (Wildman–Crippen MR) is 114 cm³/mol. The van der Waals surface area contributed by atoms with E-state index in [1.165, 1.54) is 5.56 Å². The molecule has 1 aliphatic heterocycles. The molecule has 150 valence electrons. The van der Waals surface area contributed by atoms with E-state index in [9.17, 15) is 4.79 Å². The van der Waals surface area contributed by atoms with Crippen LogP contribution >= 0.6 is 24.8 Å². The first-order valence-corrected chi connectivity index (χ1v) is 8.74. The molecule has 0 saturated carbocycles. The highest BCUT2D eigenvalue weighted by molar-refractivity contribution is 5.95. The zero-order valence-corrected chi connectivity index (χ0v) is 17.8. The first-order valence-electron chi connectivity index (χ1n) is 8.74. The average Bonchev–Trinajstić information content (AvgIpc) is 3.10. The molecule has 6 nitrogen and oxygen atoms in total. The number of nitrogens with one attached hydrogen (secondary N) is 1. The standard InChI is InChI=1S/C19H27N5O.2ClH/c1-12-18(13(2)23(4)22-12)21-19(25)14(3)24-10-16(17(20)11-24)15-8-6-5-7-9-15;;/h5-9,14,16-17H,10-11,20H2,1-4H3,(H,21,25);2*1H/t14?,16-,17+;;/m0../s1. The molecule has 8 heteroatoms. The van der Waals surface area contributed by atoms with Crippen LogP contribution < -0.4 is 11.1 Å². The van der Waals surface area contributed by atoms with E-state index < -0.39 is 0 Å². The van der Waals surface area contributed by atoms with E-state index in [0.717, 1.165) is 30.2 Å². The molecule has 1 aromatic heterocycles. The Hall–Kier alpha value is -1.60. The summed E-state index contributed by atoms with van der Waals surface area (Å²) in [6, 6.07) is 10.1. The second-order valence-corrected chi connectivity index (χ2v) is 6.97. The van der Waals surface area contributed by atoms with Gasteiger partial charge in [-0.15, -0.1) is 24.8 Å². The zero-order valence-electron chi connectivity index (χ0n) is 16.2. The van der Waals surface area contributed by atoms with Gasteiger partial charge in [0.25, 0.3) is 0 Å². The van der Waals surface area contributed by atoms with E-state index in [1.807, 2.05) is 46.0 Å². The van der Waals surface area contributed by atoms with Gasteiger partial charge in [0.2, 0.25) is 5.91 Å². The molecule has 1 amide bonds. The van der Waals surface area contributed by atoms with Crippen LogP contribution in [-0.2, 0) is 11.8 Å². The molecule has 0 radical (unpaired) electrons. The topological polar surface area (TPSA) is 76.2 Å². The molecule has 27 heavy (non-hydrogen) atoms. The lowest BCUT2D eigenvalue weighted by molar-refractivity contribution is -0.120. The van der Waals surface area contributed by atoms with E-state index >= 15 is 0 Å². The van der Waals surface area contributed by atoms with Crippen LogP contribution in [0.25, 0.3) is 0 Å². The van der Waals surface area contributed by atoms with Crippen molar-refractivity contribution in [1.29, 1.82) is 0 Å². The summed E-state index contributed by atoms with van der Waals surface area (Å²) >= 11 is 0. The molecule has 2 heterocycles. The van der Waals surface area contributed by atoms with Gasteiger partial charge < -0.3 is 11.1 Å². The van der Waals surface area contributed by atoms with E-state index in [4.69, 9.17) is 5.73 Å². The van der Waals surface area contributed by atoms with Crippen LogP contribution in [0.1, 0.15) is 29.8 Å². The number of nitrogens with zero attached hydrogens (tertiary/aromatic N) is 3. The summed E-state index contributed by atoms with van der Waals surface area (Å²) in [7, 11) is 1.88. The number of nitrogens with two attached hydrogens (primary N) is 1. The highest BCUT2D eigenvalue weighted by Gasteiger charge is 2.35. The number of hydrogen-bond acceptors (Lipinski definition) is 4. The van der Waals surface area contributed by atoms with Gasteiger partial charge in [0, 0.05) is 32.1 Å². The molecule has 2 aromatic rings. The fourth-order valence-electron chi connectivity index (χ4n) is 3.58. The van der Waals surface area contributed by atoms with Gasteiger partial charge in [0.1, 0.15) is 0 Å². The molecule has 1 unspecified atom stereocenters. The van der Waals surface area contributed by atoms with Crippen LogP contribution in [0, 0.1) is 13.8 Å². The number of halogens is 2. The third-order valence-electron chi connectivity index (χ3n) is 5.31. The quantitative estimate of drug-likeness (QED) is 0.807. The summed E-state index contributed by atoms with van der Waals surface area (Å²) in [5.74, 6) is 0.249. The Labute approximate surface area is 173 Å². The van der Waals surface area contributed by atoms with Crippen molar-refractivity contribution in [2.24, 2.45) is 12.8 Å². The van der Waals surface area contributed by atoms with Crippen LogP contribution in [0.15, 0.2) is 30.3 Å². The Morgan fingerprint density at radius 1 is 1.22 bits per heavy atom. The van der Waals surface area contributed by atoms with Crippen LogP contribution in [0.3, 0.4) is 0 Å². The van der Waals surface area contributed by atoms with Crippen LogP contribution in [0.4, 0.5) is 5.69 Å². The Morgan fingerprint density at radius 3 is 2.41 bits per heavy atom. The minimum atomic E-state index is -0.237. The molecule has 1 fully saturated rings. The Bertz CT molecular complexity index is 765. The minimum Gasteiger partial charge on any atom is -0.326 e. The molecule has 3 N–H and O–H groups in total. The maximum atomic E-state index is 12.7. The van der Waals surface area contributed by atoms with Gasteiger partial charge in [-0.25, -0.2) is 0 Å². The Kier molecular flexibility index (Phi) is 8.29. The number of aromatic nitrogens is 2. The summed E-state index contributed by atoms with van der Waals surface area (Å²) in [6.07, 6.45) is 0. The second-order valence-electron chi connectivity index (χ2n) is 6.97. The molecular formula is C19H29Cl2N5O. The van der Waals surface area contributed by atoms with Crippen LogP contribution in [-0.4, -0.2) is 45.8 Å². The first-order chi connectivity index (χ1) is 11.9. The number of anilines is 1. The number of hydrogen-bond donors (Lipinski definition) is 2. The van der Waals surface area contributed by atoms with E-state index in [-0.39, 0.29) is 48.7 Å². The van der Waals surface area contributed by atoms with Crippen molar-refractivity contribution < 1.29 is 4.79 Å². The molecule has 3 atom stereocenters. The van der Waals surface area contributed by atoms with Gasteiger partial charge in [-0.05, 0) is 26.3 Å². The van der Waals surface area contributed by atoms with Crippen molar-refractivity contribution in [3.05, 3.63) is 47.3 Å². The summed E-state index contributed by atoms with van der Waals surface area (Å²) in [6.45, 7) is 7.32. The predicted octanol–water partition coefficient (Wildman–Crippen LogP) is 2.63. The zero-order chi connectivity index (χ0) is 18.1. The normalized spacial score (nSPS) is 20.5. The third-order valence-corrected chi connectivity index (χ3v) is 5.31. The van der Waals surface area contributed by atoms with Gasteiger partial charge in [-0.2, -0.15) is 5.10 Å². The molecule has 3 rings (SSSR count). The molecule has 0 bridgehead atoms. The number of likely N-dealkylation sites (tertiary alicyclic amines) is 1. The lowest BCUT2D eigenvalue weighted by Gasteiger charge is -2.23. The van der Waals surface area contributed by atoms with Crippen molar-refractivity contribution in [1.82, 2.24) is 14.7 Å². The maximum Gasteiger partial charge on any atom is 0.241 e. The smallest absolute Gasteiger partial charge is 0.241 e. The number of amides is 1. The molecule has 1 saturated heterocycles. The lowest BCUT2D eigenvalue weighted by Crippen LogP contribution is -2.42.